The van der Waals surface area contributed by atoms with Gasteiger partial charge in [-0.3, -0.25) is 9.59 Å². The van der Waals surface area contributed by atoms with Gasteiger partial charge in [0.2, 0.25) is 5.91 Å². The quantitative estimate of drug-likeness (QED) is 0.923. The second-order valence-electron chi connectivity index (χ2n) is 6.25. The van der Waals surface area contributed by atoms with E-state index in [-0.39, 0.29) is 37.3 Å². The van der Waals surface area contributed by atoms with Gasteiger partial charge in [0.25, 0.3) is 5.56 Å². The van der Waals surface area contributed by atoms with Gasteiger partial charge in [0.05, 0.1) is 16.8 Å². The third kappa shape index (κ3) is 4.00. The lowest BCUT2D eigenvalue weighted by Gasteiger charge is -2.33. The number of fused-ring (bicyclic) bond motifs is 1. The second kappa shape index (κ2) is 6.85. The minimum atomic E-state index is -4.27. The van der Waals surface area contributed by atoms with E-state index in [2.05, 4.69) is 9.97 Å². The number of benzene rings is 1. The van der Waals surface area contributed by atoms with Crippen molar-refractivity contribution in [2.45, 2.75) is 31.9 Å². The number of piperidine rings is 1. The van der Waals surface area contributed by atoms with Crippen molar-refractivity contribution in [1.29, 1.82) is 0 Å². The standard InChI is InChI=1S/C17H18F3N3O2/c18-17(19,20)11-4-3-9-23(10-11)15(24)8-7-14-21-13-6-2-1-5-12(13)16(25)22-14/h1-2,5-6,11H,3-4,7-10H2,(H,21,22,25)/t11-/m1/s1. The molecule has 1 fully saturated rings. The SMILES string of the molecule is O=C(CCc1nc2ccccc2c(=O)[nH]1)N1CCC[C@@H](C(F)(F)F)C1. The fourth-order valence-corrected chi connectivity index (χ4v) is 3.11. The van der Waals surface area contributed by atoms with E-state index in [0.717, 1.165) is 0 Å². The summed E-state index contributed by atoms with van der Waals surface area (Å²) in [7, 11) is 0. The van der Waals surface area contributed by atoms with Crippen LogP contribution in [0.3, 0.4) is 0 Å². The van der Waals surface area contributed by atoms with Crippen molar-refractivity contribution in [3.8, 4) is 0 Å². The van der Waals surface area contributed by atoms with Gasteiger partial charge in [0.1, 0.15) is 5.82 Å². The van der Waals surface area contributed by atoms with Crippen LogP contribution >= 0.6 is 0 Å². The van der Waals surface area contributed by atoms with Crippen LogP contribution in [0.25, 0.3) is 10.9 Å². The Bertz CT molecular complexity index is 832. The molecule has 25 heavy (non-hydrogen) atoms. The number of aromatic amines is 1. The van der Waals surface area contributed by atoms with Crippen molar-refractivity contribution in [2.75, 3.05) is 13.1 Å². The van der Waals surface area contributed by atoms with Crippen molar-refractivity contribution in [3.05, 3.63) is 40.4 Å². The maximum Gasteiger partial charge on any atom is 0.393 e. The highest BCUT2D eigenvalue weighted by atomic mass is 19.4. The van der Waals surface area contributed by atoms with E-state index >= 15 is 0 Å². The Morgan fingerprint density at radius 2 is 2.08 bits per heavy atom. The fraction of sp³-hybridized carbons (Fsp3) is 0.471. The van der Waals surface area contributed by atoms with Crippen LogP contribution in [0.4, 0.5) is 13.2 Å². The van der Waals surface area contributed by atoms with Gasteiger partial charge in [-0.2, -0.15) is 13.2 Å². The number of likely N-dealkylation sites (tertiary alicyclic amines) is 1. The molecule has 134 valence electrons. The lowest BCUT2D eigenvalue weighted by molar-refractivity contribution is -0.188. The first-order valence-corrected chi connectivity index (χ1v) is 8.17. The van der Waals surface area contributed by atoms with Crippen LogP contribution < -0.4 is 5.56 Å². The summed E-state index contributed by atoms with van der Waals surface area (Å²) in [6, 6.07) is 6.85. The van der Waals surface area contributed by atoms with Gasteiger partial charge >= 0.3 is 6.18 Å². The highest BCUT2D eigenvalue weighted by Gasteiger charge is 2.42. The second-order valence-corrected chi connectivity index (χ2v) is 6.25. The number of H-pyrrole nitrogens is 1. The number of hydrogen-bond acceptors (Lipinski definition) is 3. The first-order valence-electron chi connectivity index (χ1n) is 8.17. The van der Waals surface area contributed by atoms with E-state index in [1.54, 1.807) is 24.3 Å². The molecule has 1 amide bonds. The molecule has 0 unspecified atom stereocenters. The Hall–Kier alpha value is -2.38. The highest BCUT2D eigenvalue weighted by Crippen LogP contribution is 2.33. The number of hydrogen-bond donors (Lipinski definition) is 1. The summed E-state index contributed by atoms with van der Waals surface area (Å²) in [4.78, 5) is 32.4. The van der Waals surface area contributed by atoms with Crippen LogP contribution in [0.2, 0.25) is 0 Å². The highest BCUT2D eigenvalue weighted by molar-refractivity contribution is 5.78. The number of aromatic nitrogens is 2. The topological polar surface area (TPSA) is 66.1 Å². The van der Waals surface area contributed by atoms with Crippen LogP contribution in [-0.4, -0.2) is 40.0 Å². The Balaban J connectivity index is 1.65. The summed E-state index contributed by atoms with van der Waals surface area (Å²) >= 11 is 0. The van der Waals surface area contributed by atoms with Crippen molar-refractivity contribution < 1.29 is 18.0 Å². The molecule has 1 aromatic heterocycles. The minimum absolute atomic E-state index is 0.0197. The maximum atomic E-state index is 12.8. The number of amides is 1. The van der Waals surface area contributed by atoms with Crippen molar-refractivity contribution in [2.24, 2.45) is 5.92 Å². The number of carbonyl (C=O) groups is 1. The van der Waals surface area contributed by atoms with Crippen LogP contribution in [0.15, 0.2) is 29.1 Å². The molecule has 2 aromatic rings. The summed E-state index contributed by atoms with van der Waals surface area (Å²) in [5, 5.41) is 0.460. The molecule has 1 aliphatic heterocycles. The number of aryl methyl sites for hydroxylation is 1. The third-order valence-electron chi connectivity index (χ3n) is 4.47. The van der Waals surface area contributed by atoms with Gasteiger partial charge in [-0.25, -0.2) is 4.98 Å². The molecule has 0 saturated carbocycles. The third-order valence-corrected chi connectivity index (χ3v) is 4.47. The summed E-state index contributed by atoms with van der Waals surface area (Å²) in [5.74, 6) is -1.44. The van der Waals surface area contributed by atoms with Gasteiger partial charge in [-0.05, 0) is 25.0 Å². The van der Waals surface area contributed by atoms with E-state index in [1.165, 1.54) is 4.90 Å². The Labute approximate surface area is 141 Å². The van der Waals surface area contributed by atoms with Gasteiger partial charge < -0.3 is 9.88 Å². The van der Waals surface area contributed by atoms with E-state index in [1.807, 2.05) is 0 Å². The molecule has 1 atom stereocenters. The van der Waals surface area contributed by atoms with Crippen LogP contribution in [0, 0.1) is 5.92 Å². The number of nitrogens with zero attached hydrogens (tertiary/aromatic N) is 2. The van der Waals surface area contributed by atoms with E-state index in [9.17, 15) is 22.8 Å². The fourth-order valence-electron chi connectivity index (χ4n) is 3.11. The first kappa shape index (κ1) is 17.4. The molecule has 0 aliphatic carbocycles. The van der Waals surface area contributed by atoms with E-state index < -0.39 is 12.1 Å². The number of alkyl halides is 3. The van der Waals surface area contributed by atoms with Crippen LogP contribution in [0.1, 0.15) is 25.1 Å². The van der Waals surface area contributed by atoms with Gasteiger partial charge in [-0.1, -0.05) is 12.1 Å². The largest absolute Gasteiger partial charge is 0.393 e. The molecular weight excluding hydrogens is 335 g/mol. The first-order chi connectivity index (χ1) is 11.8. The molecule has 2 heterocycles. The number of carbonyl (C=O) groups excluding carboxylic acids is 1. The van der Waals surface area contributed by atoms with E-state index in [0.29, 0.717) is 29.7 Å². The summed E-state index contributed by atoms with van der Waals surface area (Å²) in [6.45, 7) is 0.0527. The maximum absolute atomic E-state index is 12.8. The molecular formula is C17H18F3N3O2. The van der Waals surface area contributed by atoms with Gasteiger partial charge in [0.15, 0.2) is 0 Å². The normalized spacial score (nSPS) is 18.5. The van der Waals surface area contributed by atoms with Crippen molar-refractivity contribution in [3.63, 3.8) is 0 Å². The molecule has 0 bridgehead atoms. The molecule has 1 saturated heterocycles. The zero-order valence-corrected chi connectivity index (χ0v) is 13.5. The Morgan fingerprint density at radius 3 is 2.84 bits per heavy atom. The minimum Gasteiger partial charge on any atom is -0.342 e. The van der Waals surface area contributed by atoms with Crippen molar-refractivity contribution >= 4 is 16.8 Å². The predicted octanol–water partition coefficient (Wildman–Crippen LogP) is 2.66. The monoisotopic (exact) mass is 353 g/mol. The zero-order chi connectivity index (χ0) is 18.0. The summed E-state index contributed by atoms with van der Waals surface area (Å²) in [5.41, 5.74) is 0.243. The predicted molar refractivity (Wildman–Crippen MR) is 86.0 cm³/mol. The lowest BCUT2D eigenvalue weighted by atomic mass is 9.97. The zero-order valence-electron chi connectivity index (χ0n) is 13.5. The molecule has 1 aromatic carbocycles. The smallest absolute Gasteiger partial charge is 0.342 e. The van der Waals surface area contributed by atoms with Crippen LogP contribution in [-0.2, 0) is 11.2 Å². The number of halogens is 3. The molecule has 0 spiro atoms. The molecule has 3 rings (SSSR count). The molecule has 5 nitrogen and oxygen atoms in total. The Kier molecular flexibility index (Phi) is 4.78. The molecule has 8 heteroatoms. The average molecular weight is 353 g/mol. The lowest BCUT2D eigenvalue weighted by Crippen LogP contribution is -2.44. The summed E-state index contributed by atoms with van der Waals surface area (Å²) in [6.07, 6.45) is -3.66. The molecule has 1 aliphatic rings. The number of nitrogens with one attached hydrogen (secondary N) is 1. The Morgan fingerprint density at radius 1 is 1.32 bits per heavy atom. The van der Waals surface area contributed by atoms with Crippen LogP contribution in [0.5, 0.6) is 0 Å². The molecule has 0 radical (unpaired) electrons. The summed E-state index contributed by atoms with van der Waals surface area (Å²) < 4.78 is 38.5. The average Bonchev–Trinajstić information content (AvgIpc) is 2.59. The van der Waals surface area contributed by atoms with E-state index in [4.69, 9.17) is 0 Å². The number of para-hydroxylation sites is 1. The molecule has 1 N–H and O–H groups in total. The van der Waals surface area contributed by atoms with Gasteiger partial charge in [0, 0.05) is 25.9 Å². The van der Waals surface area contributed by atoms with Crippen molar-refractivity contribution in [1.82, 2.24) is 14.9 Å². The van der Waals surface area contributed by atoms with Gasteiger partial charge in [-0.15, -0.1) is 0 Å². The number of rotatable bonds is 3.